The Labute approximate surface area is 138 Å². The van der Waals surface area contributed by atoms with Crippen LogP contribution in [0.15, 0.2) is 34.7 Å². The van der Waals surface area contributed by atoms with Gasteiger partial charge < -0.3 is 4.74 Å². The van der Waals surface area contributed by atoms with Crippen LogP contribution in [-0.2, 0) is 19.1 Å². The Balaban J connectivity index is 2.00. The molecule has 2 aliphatic rings. The first kappa shape index (κ1) is 16.2. The van der Waals surface area contributed by atoms with Crippen LogP contribution in [0.25, 0.3) is 0 Å². The summed E-state index contributed by atoms with van der Waals surface area (Å²) in [4.78, 5) is 58.6. The highest BCUT2D eigenvalue weighted by Crippen LogP contribution is 2.35. The SMILES string of the molecule is COC(=O)C1=NN(N=O)[C@H]2C(=O)N(c3ccc([N+](=O)[O-])cc3)C(=O)[C@H]12. The van der Waals surface area contributed by atoms with Gasteiger partial charge in [-0.25, -0.2) is 9.69 Å². The third-order valence-corrected chi connectivity index (χ3v) is 3.83. The highest BCUT2D eigenvalue weighted by atomic mass is 16.6. The Kier molecular flexibility index (Phi) is 3.71. The molecular weight excluding hydrogens is 338 g/mol. The smallest absolute Gasteiger partial charge is 0.355 e. The first-order chi connectivity index (χ1) is 11.9. The molecule has 128 valence electrons. The van der Waals surface area contributed by atoms with E-state index in [1.165, 1.54) is 12.1 Å². The van der Waals surface area contributed by atoms with Gasteiger partial charge in [0.1, 0.15) is 5.92 Å². The van der Waals surface area contributed by atoms with Gasteiger partial charge in [-0.1, -0.05) is 0 Å². The number of methoxy groups -OCH3 is 1. The van der Waals surface area contributed by atoms with Gasteiger partial charge in [-0.2, -0.15) is 0 Å². The van der Waals surface area contributed by atoms with E-state index >= 15 is 0 Å². The molecule has 1 aromatic rings. The Morgan fingerprint density at radius 2 is 1.92 bits per heavy atom. The minimum absolute atomic E-state index is 0.0602. The van der Waals surface area contributed by atoms with E-state index in [0.29, 0.717) is 5.12 Å². The van der Waals surface area contributed by atoms with Crippen LogP contribution in [0.1, 0.15) is 0 Å². The van der Waals surface area contributed by atoms with E-state index in [1.54, 1.807) is 0 Å². The molecule has 0 N–H and O–H groups in total. The van der Waals surface area contributed by atoms with Gasteiger partial charge in [0.05, 0.1) is 23.0 Å². The van der Waals surface area contributed by atoms with Crippen molar-refractivity contribution >= 4 is 34.9 Å². The van der Waals surface area contributed by atoms with Crippen molar-refractivity contribution in [1.29, 1.82) is 0 Å². The lowest BCUT2D eigenvalue weighted by Gasteiger charge is -2.16. The fraction of sp³-hybridized carbons (Fsp3) is 0.231. The van der Waals surface area contributed by atoms with Gasteiger partial charge in [0.15, 0.2) is 11.8 Å². The number of nitrogens with zero attached hydrogens (tertiary/aromatic N) is 5. The van der Waals surface area contributed by atoms with Gasteiger partial charge in [0, 0.05) is 12.1 Å². The molecule has 0 aromatic heterocycles. The number of nitroso groups, excluding NO2 is 1. The number of benzene rings is 1. The van der Waals surface area contributed by atoms with Crippen LogP contribution in [0.2, 0.25) is 0 Å². The van der Waals surface area contributed by atoms with Crippen molar-refractivity contribution in [3.63, 3.8) is 0 Å². The number of non-ortho nitro benzene ring substituents is 1. The normalized spacial score (nSPS) is 21.9. The van der Waals surface area contributed by atoms with Crippen molar-refractivity contribution in [3.8, 4) is 0 Å². The third kappa shape index (κ3) is 2.31. The summed E-state index contributed by atoms with van der Waals surface area (Å²) in [5.74, 6) is -3.94. The van der Waals surface area contributed by atoms with Crippen LogP contribution >= 0.6 is 0 Å². The Bertz CT molecular complexity index is 834. The average Bonchev–Trinajstić information content (AvgIpc) is 3.11. The molecule has 2 amide bonds. The fourth-order valence-corrected chi connectivity index (χ4v) is 2.71. The van der Waals surface area contributed by atoms with Crippen LogP contribution in [0.4, 0.5) is 11.4 Å². The molecule has 12 heteroatoms. The molecule has 0 bridgehead atoms. The van der Waals surface area contributed by atoms with Gasteiger partial charge in [-0.05, 0) is 12.1 Å². The molecule has 0 saturated carbocycles. The van der Waals surface area contributed by atoms with Crippen molar-refractivity contribution in [2.45, 2.75) is 6.04 Å². The number of carbonyl (C=O) groups excluding carboxylic acids is 3. The zero-order chi connectivity index (χ0) is 18.3. The molecule has 1 aromatic carbocycles. The van der Waals surface area contributed by atoms with E-state index in [2.05, 4.69) is 15.1 Å². The summed E-state index contributed by atoms with van der Waals surface area (Å²) < 4.78 is 4.50. The number of rotatable bonds is 4. The Morgan fingerprint density at radius 1 is 1.28 bits per heavy atom. The van der Waals surface area contributed by atoms with Crippen LogP contribution < -0.4 is 4.90 Å². The van der Waals surface area contributed by atoms with E-state index in [-0.39, 0.29) is 11.4 Å². The second-order valence-corrected chi connectivity index (χ2v) is 5.09. The number of imide groups is 1. The average molecular weight is 347 g/mol. The molecule has 0 aliphatic carbocycles. The summed E-state index contributed by atoms with van der Waals surface area (Å²) in [6.07, 6.45) is 0. The second kappa shape index (κ2) is 5.74. The number of ether oxygens (including phenoxy) is 1. The second-order valence-electron chi connectivity index (χ2n) is 5.09. The highest BCUT2D eigenvalue weighted by molar-refractivity contribution is 6.46. The van der Waals surface area contributed by atoms with E-state index in [9.17, 15) is 29.4 Å². The number of carbonyl (C=O) groups is 3. The first-order valence-electron chi connectivity index (χ1n) is 6.82. The zero-order valence-electron chi connectivity index (χ0n) is 12.6. The number of anilines is 1. The third-order valence-electron chi connectivity index (χ3n) is 3.83. The molecule has 2 aliphatic heterocycles. The predicted octanol–water partition coefficient (Wildman–Crippen LogP) is -0.0212. The number of esters is 1. The highest BCUT2D eigenvalue weighted by Gasteiger charge is 2.59. The largest absolute Gasteiger partial charge is 0.464 e. The van der Waals surface area contributed by atoms with Crippen LogP contribution in [0, 0.1) is 20.9 Å². The van der Waals surface area contributed by atoms with E-state index in [0.717, 1.165) is 24.1 Å². The van der Waals surface area contributed by atoms with Crippen molar-refractivity contribution in [3.05, 3.63) is 39.3 Å². The Morgan fingerprint density at radius 3 is 2.44 bits per heavy atom. The molecule has 1 fully saturated rings. The predicted molar refractivity (Wildman–Crippen MR) is 80.0 cm³/mol. The summed E-state index contributed by atoms with van der Waals surface area (Å²) in [6.45, 7) is 0. The lowest BCUT2D eigenvalue weighted by atomic mass is 9.98. The molecule has 25 heavy (non-hydrogen) atoms. The minimum Gasteiger partial charge on any atom is -0.464 e. The molecule has 12 nitrogen and oxygen atoms in total. The van der Waals surface area contributed by atoms with Crippen molar-refractivity contribution in [2.24, 2.45) is 16.3 Å². The van der Waals surface area contributed by atoms with Crippen LogP contribution in [-0.4, -0.2) is 46.7 Å². The lowest BCUT2D eigenvalue weighted by molar-refractivity contribution is -0.384. The fourth-order valence-electron chi connectivity index (χ4n) is 2.71. The monoisotopic (exact) mass is 347 g/mol. The molecule has 3 rings (SSSR count). The molecule has 1 saturated heterocycles. The molecule has 0 unspecified atom stereocenters. The minimum atomic E-state index is -1.39. The maximum absolute atomic E-state index is 12.6. The van der Waals surface area contributed by atoms with Gasteiger partial charge >= 0.3 is 5.97 Å². The summed E-state index contributed by atoms with van der Waals surface area (Å²) in [7, 11) is 1.06. The summed E-state index contributed by atoms with van der Waals surface area (Å²) in [5, 5.41) is 17.3. The number of fused-ring (bicyclic) bond motifs is 1. The van der Waals surface area contributed by atoms with Crippen molar-refractivity contribution in [1.82, 2.24) is 5.12 Å². The maximum atomic E-state index is 12.6. The van der Waals surface area contributed by atoms with Crippen LogP contribution in [0.5, 0.6) is 0 Å². The summed E-state index contributed by atoms with van der Waals surface area (Å²) in [6, 6.07) is 3.27. The van der Waals surface area contributed by atoms with Gasteiger partial charge in [-0.15, -0.1) is 15.1 Å². The molecule has 0 radical (unpaired) electrons. The number of hydrazone groups is 1. The molecule has 2 heterocycles. The maximum Gasteiger partial charge on any atom is 0.355 e. The molecule has 2 atom stereocenters. The van der Waals surface area contributed by atoms with E-state index < -0.39 is 40.4 Å². The number of amides is 2. The number of nitro groups is 1. The van der Waals surface area contributed by atoms with E-state index in [4.69, 9.17) is 0 Å². The summed E-state index contributed by atoms with van der Waals surface area (Å²) >= 11 is 0. The van der Waals surface area contributed by atoms with Gasteiger partial charge in [0.2, 0.25) is 5.91 Å². The summed E-state index contributed by atoms with van der Waals surface area (Å²) in [5.41, 5.74) is -0.573. The van der Waals surface area contributed by atoms with E-state index in [1.807, 2.05) is 0 Å². The van der Waals surface area contributed by atoms with Gasteiger partial charge in [0.25, 0.3) is 11.6 Å². The van der Waals surface area contributed by atoms with Crippen LogP contribution in [0.3, 0.4) is 0 Å². The topological polar surface area (TPSA) is 152 Å². The number of hydrogen-bond acceptors (Lipinski definition) is 9. The number of hydrogen-bond donors (Lipinski definition) is 0. The van der Waals surface area contributed by atoms with Crippen molar-refractivity contribution < 1.29 is 24.0 Å². The number of nitro benzene ring substituents is 1. The first-order valence-corrected chi connectivity index (χ1v) is 6.82. The lowest BCUT2D eigenvalue weighted by Crippen LogP contribution is -2.36. The molecule has 0 spiro atoms. The zero-order valence-corrected chi connectivity index (χ0v) is 12.6. The van der Waals surface area contributed by atoms with Crippen molar-refractivity contribution in [2.75, 3.05) is 12.0 Å². The quantitative estimate of drug-likeness (QED) is 0.242. The Hall–Kier alpha value is -3.70. The molecular formula is C13H9N5O7. The standard InChI is InChI=1S/C13H9N5O7/c1-25-13(21)9-8-10(17(14-9)15-22)12(20)16(11(8)19)6-2-4-7(5-3-6)18(23)24/h2-5,8,10H,1H3/t8-,10-/m1/s1. The van der Waals surface area contributed by atoms with Gasteiger partial charge in [-0.3, -0.25) is 19.7 Å².